The Kier molecular flexibility index (Phi) is 10.8. The summed E-state index contributed by atoms with van der Waals surface area (Å²) < 4.78 is 46.5. The summed E-state index contributed by atoms with van der Waals surface area (Å²) in [5.41, 5.74) is -1.35. The fraction of sp³-hybridized carbons (Fsp3) is 0.515. The predicted molar refractivity (Wildman–Crippen MR) is 184 cm³/mol. The van der Waals surface area contributed by atoms with Gasteiger partial charge in [0.05, 0.1) is 37.2 Å². The highest BCUT2D eigenvalue weighted by molar-refractivity contribution is 8.16. The van der Waals surface area contributed by atoms with Crippen molar-refractivity contribution in [1.29, 1.82) is 0 Å². The van der Waals surface area contributed by atoms with Crippen LogP contribution >= 0.6 is 11.8 Å². The SMILES string of the molecule is C#CCOc1cnc(/C(F)=C/c2cnc(F)c([C@@]3(C)N=C(N(COCC[Si](C)(C)C)C(=O)O)S[C@@]4(C(=O)N5CCOC[C@H]5C)C[C@H]43)c2)cn1. The Balaban J connectivity index is 1.51. The molecule has 2 aromatic rings. The van der Waals surface area contributed by atoms with Gasteiger partial charge in [0.25, 0.3) is 0 Å². The van der Waals surface area contributed by atoms with E-state index in [4.69, 9.17) is 25.6 Å². The molecule has 3 aliphatic rings. The summed E-state index contributed by atoms with van der Waals surface area (Å²) in [5, 5.41) is 10.3. The van der Waals surface area contributed by atoms with Crippen LogP contribution in [-0.2, 0) is 19.8 Å². The minimum atomic E-state index is -1.46. The normalized spacial score (nSPS) is 25.1. The fourth-order valence-corrected chi connectivity index (χ4v) is 8.25. The monoisotopic (exact) mass is 714 g/mol. The van der Waals surface area contributed by atoms with Crippen molar-refractivity contribution in [3.8, 4) is 18.2 Å². The lowest BCUT2D eigenvalue weighted by Crippen LogP contribution is -2.54. The molecule has 2 amide bonds. The number of terminal acetylenes is 1. The number of pyridine rings is 1. The van der Waals surface area contributed by atoms with Gasteiger partial charge in [0.1, 0.15) is 17.2 Å². The Morgan fingerprint density at radius 1 is 1.29 bits per heavy atom. The molecule has 0 aromatic carbocycles. The van der Waals surface area contributed by atoms with Crippen molar-refractivity contribution in [2.75, 3.05) is 39.7 Å². The Bertz CT molecular complexity index is 1680. The highest BCUT2D eigenvalue weighted by Gasteiger charge is 2.72. The number of morpholine rings is 1. The third-order valence-electron chi connectivity index (χ3n) is 8.73. The summed E-state index contributed by atoms with van der Waals surface area (Å²) in [6.07, 6.45) is 8.87. The average Bonchev–Trinajstić information content (AvgIpc) is 3.81. The molecule has 0 radical (unpaired) electrons. The first-order valence-corrected chi connectivity index (χ1v) is 20.4. The second kappa shape index (κ2) is 14.5. The number of ether oxygens (including phenoxy) is 3. The molecule has 16 heteroatoms. The maximum atomic E-state index is 15.8. The van der Waals surface area contributed by atoms with Crippen molar-refractivity contribution >= 4 is 48.9 Å². The zero-order chi connectivity index (χ0) is 35.6. The number of hydrogen-bond acceptors (Lipinski definition) is 10. The van der Waals surface area contributed by atoms with Crippen molar-refractivity contribution in [3.05, 3.63) is 47.4 Å². The van der Waals surface area contributed by atoms with Gasteiger partial charge in [0.15, 0.2) is 17.6 Å². The minimum Gasteiger partial charge on any atom is -0.465 e. The minimum absolute atomic E-state index is 0.00402. The van der Waals surface area contributed by atoms with Gasteiger partial charge in [0.2, 0.25) is 17.7 Å². The summed E-state index contributed by atoms with van der Waals surface area (Å²) in [5.74, 6) is 0.0900. The Morgan fingerprint density at radius 2 is 2.06 bits per heavy atom. The summed E-state index contributed by atoms with van der Waals surface area (Å²) in [6.45, 7) is 11.2. The highest BCUT2D eigenvalue weighted by Crippen LogP contribution is 2.67. The first-order valence-electron chi connectivity index (χ1n) is 15.9. The lowest BCUT2D eigenvalue weighted by molar-refractivity contribution is -0.139. The standard InChI is InChI=1S/C33H40F2N6O6SSi/c1-7-9-47-27-18-36-25(17-37-27)24(34)14-22-13-23(28(35)38-16-22)32(3)26-15-33(26,29(42)40-8-10-45-19-21(40)2)48-30(39-32)41(31(43)44)20-46-11-12-49(4,5)6/h1,13-14,16-18,21,26H,8-12,15,19-20H2,2-6H3,(H,43,44)/b24-14-/t21-,26+,32-,33+/m1/s1. The van der Waals surface area contributed by atoms with E-state index in [1.165, 1.54) is 24.7 Å². The molecule has 262 valence electrons. The third kappa shape index (κ3) is 7.95. The Morgan fingerprint density at radius 3 is 2.71 bits per heavy atom. The van der Waals surface area contributed by atoms with Crippen LogP contribution in [0.15, 0.2) is 29.6 Å². The predicted octanol–water partition coefficient (Wildman–Crippen LogP) is 5.11. The van der Waals surface area contributed by atoms with Gasteiger partial charge < -0.3 is 24.2 Å². The zero-order valence-electron chi connectivity index (χ0n) is 28.1. The van der Waals surface area contributed by atoms with Crippen LogP contribution in [0.2, 0.25) is 25.7 Å². The molecular weight excluding hydrogens is 675 g/mol. The molecule has 5 rings (SSSR count). The van der Waals surface area contributed by atoms with Crippen LogP contribution in [0.4, 0.5) is 13.6 Å². The smallest absolute Gasteiger partial charge is 0.415 e. The van der Waals surface area contributed by atoms with E-state index in [0.717, 1.165) is 28.8 Å². The van der Waals surface area contributed by atoms with Crippen LogP contribution in [0.5, 0.6) is 5.88 Å². The number of thioether (sulfide) groups is 1. The van der Waals surface area contributed by atoms with Crippen molar-refractivity contribution in [2.24, 2.45) is 10.9 Å². The van der Waals surface area contributed by atoms with Crippen LogP contribution in [0.3, 0.4) is 0 Å². The molecule has 1 N–H and O–H groups in total. The van der Waals surface area contributed by atoms with Crippen LogP contribution in [0.25, 0.3) is 11.9 Å². The van der Waals surface area contributed by atoms with Gasteiger partial charge in [-0.15, -0.1) is 6.42 Å². The first-order chi connectivity index (χ1) is 23.2. The van der Waals surface area contributed by atoms with Gasteiger partial charge in [-0.05, 0) is 44.0 Å². The molecule has 2 aliphatic heterocycles. The van der Waals surface area contributed by atoms with Crippen LogP contribution in [0, 0.1) is 24.2 Å². The second-order valence-corrected chi connectivity index (χ2v) is 20.5. The van der Waals surface area contributed by atoms with E-state index in [1.807, 2.05) is 6.92 Å². The number of carbonyl (C=O) groups is 2. The maximum Gasteiger partial charge on any atom is 0.415 e. The quantitative estimate of drug-likeness (QED) is 0.110. The van der Waals surface area contributed by atoms with E-state index >= 15 is 8.78 Å². The van der Waals surface area contributed by atoms with Crippen molar-refractivity contribution in [1.82, 2.24) is 24.8 Å². The van der Waals surface area contributed by atoms with Gasteiger partial charge in [-0.3, -0.25) is 9.79 Å². The van der Waals surface area contributed by atoms with Gasteiger partial charge in [-0.1, -0.05) is 37.3 Å². The van der Waals surface area contributed by atoms with Crippen molar-refractivity contribution in [2.45, 2.75) is 62.3 Å². The second-order valence-electron chi connectivity index (χ2n) is 13.6. The number of rotatable bonds is 11. The van der Waals surface area contributed by atoms with Gasteiger partial charge >= 0.3 is 6.09 Å². The number of halogens is 2. The van der Waals surface area contributed by atoms with E-state index in [0.29, 0.717) is 32.8 Å². The summed E-state index contributed by atoms with van der Waals surface area (Å²) in [7, 11) is -1.46. The Hall–Kier alpha value is -3.91. The number of aliphatic imine (C=N–C) groups is 1. The maximum absolute atomic E-state index is 15.8. The number of amides is 2. The molecule has 4 heterocycles. The summed E-state index contributed by atoms with van der Waals surface area (Å²) >= 11 is 1.07. The number of hydrogen-bond donors (Lipinski definition) is 1. The molecule has 4 atom stereocenters. The largest absolute Gasteiger partial charge is 0.465 e. The van der Waals surface area contributed by atoms with Crippen LogP contribution < -0.4 is 4.74 Å². The highest BCUT2D eigenvalue weighted by atomic mass is 32.2. The first kappa shape index (κ1) is 36.4. The number of carboxylic acid groups (broad SMARTS) is 1. The van der Waals surface area contributed by atoms with E-state index in [1.54, 1.807) is 11.8 Å². The molecule has 12 nitrogen and oxygen atoms in total. The van der Waals surface area contributed by atoms with Gasteiger partial charge in [-0.25, -0.2) is 29.0 Å². The molecule has 0 spiro atoms. The Labute approximate surface area is 289 Å². The number of amidine groups is 1. The van der Waals surface area contributed by atoms with Crippen molar-refractivity contribution in [3.63, 3.8) is 0 Å². The summed E-state index contributed by atoms with van der Waals surface area (Å²) in [6, 6.07) is 2.03. The average molecular weight is 715 g/mol. The molecule has 2 aromatic heterocycles. The number of fused-ring (bicyclic) bond motifs is 1. The van der Waals surface area contributed by atoms with E-state index in [9.17, 15) is 14.7 Å². The van der Waals surface area contributed by atoms with Crippen molar-refractivity contribution < 1.29 is 37.7 Å². The van der Waals surface area contributed by atoms with Gasteiger partial charge in [-0.2, -0.15) is 4.39 Å². The van der Waals surface area contributed by atoms with Crippen LogP contribution in [-0.4, -0.2) is 106 Å². The van der Waals surface area contributed by atoms with E-state index < -0.39 is 42.1 Å². The lowest BCUT2D eigenvalue weighted by atomic mass is 9.86. The third-order valence-corrected chi connectivity index (χ3v) is 11.9. The molecular formula is C33H40F2N6O6SSi. The molecule has 2 fully saturated rings. The van der Waals surface area contributed by atoms with Gasteiger partial charge in [0, 0.05) is 38.9 Å². The molecule has 1 saturated heterocycles. The molecule has 0 bridgehead atoms. The number of carbonyl (C=O) groups excluding carboxylic acids is 1. The number of aromatic nitrogens is 3. The van der Waals surface area contributed by atoms with Crippen LogP contribution in [0.1, 0.15) is 37.1 Å². The fourth-order valence-electron chi connectivity index (χ4n) is 5.86. The summed E-state index contributed by atoms with van der Waals surface area (Å²) in [4.78, 5) is 46.4. The molecule has 1 saturated carbocycles. The zero-order valence-corrected chi connectivity index (χ0v) is 29.9. The van der Waals surface area contributed by atoms with E-state index in [-0.39, 0.29) is 53.2 Å². The topological polar surface area (TPSA) is 140 Å². The van der Waals surface area contributed by atoms with E-state index in [2.05, 4.69) is 40.5 Å². The lowest BCUT2D eigenvalue weighted by Gasteiger charge is -2.40. The molecule has 0 unspecified atom stereocenters. The molecule has 49 heavy (non-hydrogen) atoms. The number of nitrogens with zero attached hydrogens (tertiary/aromatic N) is 6. The molecule has 1 aliphatic carbocycles.